The number of rotatable bonds is 7. The summed E-state index contributed by atoms with van der Waals surface area (Å²) in [4.78, 5) is 4.46. The molecule has 1 heterocycles. The fourth-order valence-electron chi connectivity index (χ4n) is 1.72. The van der Waals surface area contributed by atoms with Crippen LogP contribution in [-0.4, -0.2) is 11.5 Å². The highest BCUT2D eigenvalue weighted by atomic mass is 14.9. The summed E-state index contributed by atoms with van der Waals surface area (Å²) in [7, 11) is 0. The van der Waals surface area contributed by atoms with Crippen molar-refractivity contribution in [2.75, 3.05) is 6.54 Å². The van der Waals surface area contributed by atoms with Gasteiger partial charge in [0.25, 0.3) is 0 Å². The topological polar surface area (TPSA) is 24.9 Å². The standard InChI is InChI=1S/C14H24N2/c1-12(2)7-4-5-10-15-11-14-9-6-8-13(3)16-14/h6,8-9,12,15H,4-5,7,10-11H2,1-3H3. The molecule has 2 nitrogen and oxygen atoms in total. The van der Waals surface area contributed by atoms with E-state index in [9.17, 15) is 0 Å². The van der Waals surface area contributed by atoms with Crippen molar-refractivity contribution >= 4 is 0 Å². The summed E-state index contributed by atoms with van der Waals surface area (Å²) in [5, 5.41) is 3.44. The molecular formula is C14H24N2. The molecule has 1 rings (SSSR count). The zero-order chi connectivity index (χ0) is 11.8. The van der Waals surface area contributed by atoms with E-state index < -0.39 is 0 Å². The zero-order valence-electron chi connectivity index (χ0n) is 10.8. The van der Waals surface area contributed by atoms with Crippen molar-refractivity contribution in [3.8, 4) is 0 Å². The normalized spacial score (nSPS) is 11.0. The van der Waals surface area contributed by atoms with E-state index in [2.05, 4.69) is 36.3 Å². The lowest BCUT2D eigenvalue weighted by molar-refractivity contribution is 0.519. The molecule has 0 saturated heterocycles. The highest BCUT2D eigenvalue weighted by Gasteiger charge is 1.96. The van der Waals surface area contributed by atoms with Gasteiger partial charge < -0.3 is 5.32 Å². The van der Waals surface area contributed by atoms with E-state index in [-0.39, 0.29) is 0 Å². The fourth-order valence-corrected chi connectivity index (χ4v) is 1.72. The number of hydrogen-bond donors (Lipinski definition) is 1. The van der Waals surface area contributed by atoms with Crippen molar-refractivity contribution in [3.05, 3.63) is 29.6 Å². The largest absolute Gasteiger partial charge is 0.311 e. The van der Waals surface area contributed by atoms with Crippen molar-refractivity contribution in [3.63, 3.8) is 0 Å². The summed E-state index contributed by atoms with van der Waals surface area (Å²) in [6.45, 7) is 8.59. The molecule has 0 fully saturated rings. The summed E-state index contributed by atoms with van der Waals surface area (Å²) in [6.07, 6.45) is 3.93. The Morgan fingerprint density at radius 1 is 1.25 bits per heavy atom. The zero-order valence-corrected chi connectivity index (χ0v) is 10.8. The monoisotopic (exact) mass is 220 g/mol. The number of nitrogens with one attached hydrogen (secondary N) is 1. The van der Waals surface area contributed by atoms with Gasteiger partial charge in [-0.15, -0.1) is 0 Å². The van der Waals surface area contributed by atoms with Gasteiger partial charge in [-0.3, -0.25) is 4.98 Å². The van der Waals surface area contributed by atoms with Gasteiger partial charge in [0, 0.05) is 12.2 Å². The quantitative estimate of drug-likeness (QED) is 0.713. The van der Waals surface area contributed by atoms with Gasteiger partial charge in [-0.2, -0.15) is 0 Å². The van der Waals surface area contributed by atoms with Crippen LogP contribution in [0.4, 0.5) is 0 Å². The van der Waals surface area contributed by atoms with Crippen LogP contribution in [0.2, 0.25) is 0 Å². The van der Waals surface area contributed by atoms with Crippen LogP contribution in [0, 0.1) is 12.8 Å². The third kappa shape index (κ3) is 5.86. The molecule has 0 atom stereocenters. The van der Waals surface area contributed by atoms with Crippen LogP contribution in [0.25, 0.3) is 0 Å². The SMILES string of the molecule is Cc1cccc(CNCCCCC(C)C)n1. The van der Waals surface area contributed by atoms with Crippen LogP contribution in [0.5, 0.6) is 0 Å². The summed E-state index contributed by atoms with van der Waals surface area (Å²) >= 11 is 0. The van der Waals surface area contributed by atoms with E-state index in [4.69, 9.17) is 0 Å². The summed E-state index contributed by atoms with van der Waals surface area (Å²) in [5.41, 5.74) is 2.24. The predicted octanol–water partition coefficient (Wildman–Crippen LogP) is 3.31. The number of unbranched alkanes of at least 4 members (excludes halogenated alkanes) is 1. The van der Waals surface area contributed by atoms with Crippen LogP contribution >= 0.6 is 0 Å². The number of nitrogens with zero attached hydrogens (tertiary/aromatic N) is 1. The average Bonchev–Trinajstić information content (AvgIpc) is 2.23. The molecule has 0 saturated carbocycles. The highest BCUT2D eigenvalue weighted by Crippen LogP contribution is 2.05. The maximum Gasteiger partial charge on any atom is 0.0544 e. The Labute approximate surface area is 99.5 Å². The first-order valence-corrected chi connectivity index (χ1v) is 6.31. The first-order chi connectivity index (χ1) is 7.68. The minimum atomic E-state index is 0.832. The molecule has 1 aromatic rings. The van der Waals surface area contributed by atoms with Crippen molar-refractivity contribution < 1.29 is 0 Å². The molecule has 0 aliphatic carbocycles. The molecule has 16 heavy (non-hydrogen) atoms. The third-order valence-corrected chi connectivity index (χ3v) is 2.64. The second-order valence-corrected chi connectivity index (χ2v) is 4.84. The molecule has 0 aliphatic rings. The van der Waals surface area contributed by atoms with E-state index in [0.717, 1.165) is 30.4 Å². The lowest BCUT2D eigenvalue weighted by Gasteiger charge is -2.06. The van der Waals surface area contributed by atoms with E-state index in [1.54, 1.807) is 0 Å². The summed E-state index contributed by atoms with van der Waals surface area (Å²) in [5.74, 6) is 0.832. The third-order valence-electron chi connectivity index (χ3n) is 2.64. The Bertz CT molecular complexity index is 295. The minimum absolute atomic E-state index is 0.832. The van der Waals surface area contributed by atoms with Gasteiger partial charge in [0.2, 0.25) is 0 Å². The molecule has 0 amide bonds. The highest BCUT2D eigenvalue weighted by molar-refractivity contribution is 5.09. The Balaban J connectivity index is 2.07. The van der Waals surface area contributed by atoms with Gasteiger partial charge in [0.05, 0.1) is 5.69 Å². The van der Waals surface area contributed by atoms with E-state index in [1.807, 2.05) is 13.0 Å². The van der Waals surface area contributed by atoms with Crippen molar-refractivity contribution in [1.82, 2.24) is 10.3 Å². The molecule has 0 aliphatic heterocycles. The molecule has 2 heteroatoms. The summed E-state index contributed by atoms with van der Waals surface area (Å²) < 4.78 is 0. The number of aromatic nitrogens is 1. The lowest BCUT2D eigenvalue weighted by Crippen LogP contribution is -2.15. The van der Waals surface area contributed by atoms with E-state index in [1.165, 1.54) is 19.3 Å². The molecule has 0 bridgehead atoms. The summed E-state index contributed by atoms with van der Waals surface area (Å²) in [6, 6.07) is 6.18. The molecule has 0 radical (unpaired) electrons. The fraction of sp³-hybridized carbons (Fsp3) is 0.643. The smallest absolute Gasteiger partial charge is 0.0544 e. The van der Waals surface area contributed by atoms with Gasteiger partial charge in [-0.25, -0.2) is 0 Å². The Kier molecular flexibility index (Phi) is 6.09. The van der Waals surface area contributed by atoms with Crippen molar-refractivity contribution in [2.45, 2.75) is 46.6 Å². The Morgan fingerprint density at radius 3 is 2.75 bits per heavy atom. The lowest BCUT2D eigenvalue weighted by atomic mass is 10.1. The van der Waals surface area contributed by atoms with Gasteiger partial charge in [-0.05, 0) is 37.9 Å². The van der Waals surface area contributed by atoms with E-state index >= 15 is 0 Å². The van der Waals surface area contributed by atoms with Crippen LogP contribution in [0.1, 0.15) is 44.5 Å². The van der Waals surface area contributed by atoms with Crippen LogP contribution in [-0.2, 0) is 6.54 Å². The Morgan fingerprint density at radius 2 is 2.06 bits per heavy atom. The number of hydrogen-bond acceptors (Lipinski definition) is 2. The second-order valence-electron chi connectivity index (χ2n) is 4.84. The number of pyridine rings is 1. The molecule has 0 aromatic carbocycles. The second kappa shape index (κ2) is 7.39. The molecule has 1 N–H and O–H groups in total. The molecule has 90 valence electrons. The maximum atomic E-state index is 4.46. The van der Waals surface area contributed by atoms with Crippen LogP contribution < -0.4 is 5.32 Å². The van der Waals surface area contributed by atoms with Crippen LogP contribution in [0.3, 0.4) is 0 Å². The molecule has 0 spiro atoms. The average molecular weight is 220 g/mol. The van der Waals surface area contributed by atoms with Crippen molar-refractivity contribution in [1.29, 1.82) is 0 Å². The van der Waals surface area contributed by atoms with Gasteiger partial charge in [0.1, 0.15) is 0 Å². The first-order valence-electron chi connectivity index (χ1n) is 6.31. The van der Waals surface area contributed by atoms with Crippen LogP contribution in [0.15, 0.2) is 18.2 Å². The predicted molar refractivity (Wildman–Crippen MR) is 69.4 cm³/mol. The van der Waals surface area contributed by atoms with Gasteiger partial charge in [-0.1, -0.05) is 32.8 Å². The van der Waals surface area contributed by atoms with E-state index in [0.29, 0.717) is 0 Å². The van der Waals surface area contributed by atoms with Gasteiger partial charge in [0.15, 0.2) is 0 Å². The first kappa shape index (κ1) is 13.2. The maximum absolute atomic E-state index is 4.46. The molecule has 1 aromatic heterocycles. The van der Waals surface area contributed by atoms with Crippen molar-refractivity contribution in [2.24, 2.45) is 5.92 Å². The minimum Gasteiger partial charge on any atom is -0.311 e. The molecule has 0 unspecified atom stereocenters. The molecular weight excluding hydrogens is 196 g/mol. The Hall–Kier alpha value is -0.890. The number of aryl methyl sites for hydroxylation is 1. The van der Waals surface area contributed by atoms with Gasteiger partial charge >= 0.3 is 0 Å².